The highest BCUT2D eigenvalue weighted by atomic mass is 16.6. The Bertz CT molecular complexity index is 707. The second-order valence-electron chi connectivity index (χ2n) is 10.9. The number of carbonyl (C=O) groups is 2. The highest BCUT2D eigenvalue weighted by Crippen LogP contribution is 2.13. The molecule has 1 atom stereocenters. The Kier molecular flexibility index (Phi) is 30.7. The first-order chi connectivity index (χ1) is 20.1. The lowest BCUT2D eigenvalue weighted by Crippen LogP contribution is -2.28. The Labute approximate surface area is 252 Å². The molecule has 5 heteroatoms. The fourth-order valence-electron chi connectivity index (χ4n) is 4.37. The van der Waals surface area contributed by atoms with Crippen LogP contribution in [0.3, 0.4) is 0 Å². The van der Waals surface area contributed by atoms with Gasteiger partial charge in [-0.25, -0.2) is 0 Å². The summed E-state index contributed by atoms with van der Waals surface area (Å²) in [5.41, 5.74) is 0. The van der Waals surface area contributed by atoms with Crippen molar-refractivity contribution >= 4 is 11.9 Å². The van der Waals surface area contributed by atoms with Crippen molar-refractivity contribution in [1.29, 1.82) is 0 Å². The number of aliphatic hydroxyl groups excluding tert-OH is 1. The van der Waals surface area contributed by atoms with E-state index in [1.54, 1.807) is 0 Å². The molecule has 1 unspecified atom stereocenters. The monoisotopic (exact) mass is 574 g/mol. The van der Waals surface area contributed by atoms with E-state index in [1.807, 2.05) is 0 Å². The Morgan fingerprint density at radius 1 is 0.585 bits per heavy atom. The zero-order chi connectivity index (χ0) is 30.1. The summed E-state index contributed by atoms with van der Waals surface area (Å²) in [4.78, 5) is 23.8. The van der Waals surface area contributed by atoms with Crippen LogP contribution < -0.4 is 0 Å². The van der Waals surface area contributed by atoms with E-state index in [4.69, 9.17) is 9.47 Å². The molecule has 0 aromatic rings. The van der Waals surface area contributed by atoms with Gasteiger partial charge >= 0.3 is 11.9 Å². The van der Waals surface area contributed by atoms with Crippen LogP contribution in [0, 0.1) is 0 Å². The molecule has 0 rings (SSSR count). The van der Waals surface area contributed by atoms with Crippen molar-refractivity contribution in [3.05, 3.63) is 48.6 Å². The Hall–Kier alpha value is -2.14. The molecule has 0 heterocycles. The third-order valence-corrected chi connectivity index (χ3v) is 6.89. The minimum Gasteiger partial charge on any atom is -0.462 e. The summed E-state index contributed by atoms with van der Waals surface area (Å²) in [7, 11) is 0. The second-order valence-corrected chi connectivity index (χ2v) is 10.9. The summed E-state index contributed by atoms with van der Waals surface area (Å²) < 4.78 is 10.4. The number of carbonyl (C=O) groups excluding carboxylic acids is 2. The third kappa shape index (κ3) is 30.6. The van der Waals surface area contributed by atoms with Gasteiger partial charge in [-0.3, -0.25) is 9.59 Å². The molecule has 0 aliphatic rings. The highest BCUT2D eigenvalue weighted by Gasteiger charge is 2.16. The zero-order valence-corrected chi connectivity index (χ0v) is 26.5. The molecule has 0 aromatic heterocycles. The van der Waals surface area contributed by atoms with Gasteiger partial charge in [-0.1, -0.05) is 133 Å². The quantitative estimate of drug-likeness (QED) is 0.0547. The van der Waals surface area contributed by atoms with Gasteiger partial charge in [0.1, 0.15) is 6.61 Å². The summed E-state index contributed by atoms with van der Waals surface area (Å²) in [6.45, 7) is 3.88. The van der Waals surface area contributed by atoms with E-state index in [0.717, 1.165) is 70.6 Å². The van der Waals surface area contributed by atoms with Crippen molar-refractivity contribution in [2.75, 3.05) is 13.2 Å². The van der Waals surface area contributed by atoms with Gasteiger partial charge in [-0.15, -0.1) is 0 Å². The molecule has 0 bridgehead atoms. The number of allylic oxidation sites excluding steroid dienone is 8. The second kappa shape index (κ2) is 32.4. The molecule has 5 nitrogen and oxygen atoms in total. The topological polar surface area (TPSA) is 72.8 Å². The predicted octanol–water partition coefficient (Wildman–Crippen LogP) is 9.89. The Balaban J connectivity index is 3.51. The number of unbranched alkanes of at least 4 members (excludes halogenated alkanes) is 13. The van der Waals surface area contributed by atoms with Gasteiger partial charge in [0.05, 0.1) is 6.61 Å². The summed E-state index contributed by atoms with van der Waals surface area (Å²) in [6.07, 6.45) is 39.3. The molecule has 0 saturated carbocycles. The fraction of sp³-hybridized carbons (Fsp3) is 0.722. The van der Waals surface area contributed by atoms with Crippen molar-refractivity contribution < 1.29 is 24.2 Å². The van der Waals surface area contributed by atoms with Gasteiger partial charge in [0, 0.05) is 12.8 Å². The SMILES string of the molecule is CC/C=C\C/C=C\C/C=C\C/C=C\CCCCCCCCCCCCC(=O)OC(CO)COC(=O)CCCCCC. The molecule has 0 saturated heterocycles. The maximum atomic E-state index is 12.0. The van der Waals surface area contributed by atoms with Crippen LogP contribution in [0.5, 0.6) is 0 Å². The lowest BCUT2D eigenvalue weighted by Gasteiger charge is -2.15. The summed E-state index contributed by atoms with van der Waals surface area (Å²) in [5, 5.41) is 9.41. The van der Waals surface area contributed by atoms with Gasteiger partial charge in [0.15, 0.2) is 6.10 Å². The van der Waals surface area contributed by atoms with Gasteiger partial charge < -0.3 is 14.6 Å². The first-order valence-corrected chi connectivity index (χ1v) is 16.7. The number of aliphatic hydroxyl groups is 1. The number of hydrogen-bond acceptors (Lipinski definition) is 5. The van der Waals surface area contributed by atoms with E-state index in [-0.39, 0.29) is 25.2 Å². The molecular formula is C36H62O5. The fourth-order valence-corrected chi connectivity index (χ4v) is 4.37. The van der Waals surface area contributed by atoms with Crippen LogP contribution in [0.25, 0.3) is 0 Å². The average molecular weight is 575 g/mol. The largest absolute Gasteiger partial charge is 0.462 e. The minimum atomic E-state index is -0.768. The Morgan fingerprint density at radius 2 is 1.05 bits per heavy atom. The molecule has 0 aliphatic heterocycles. The maximum Gasteiger partial charge on any atom is 0.306 e. The first kappa shape index (κ1) is 38.9. The first-order valence-electron chi connectivity index (χ1n) is 16.7. The van der Waals surface area contributed by atoms with E-state index in [2.05, 4.69) is 62.5 Å². The van der Waals surface area contributed by atoms with E-state index >= 15 is 0 Å². The standard InChI is InChI=1S/C36H62O5/c1-3-5-7-9-10-11-12-13-14-15-16-17-18-19-20-21-22-23-24-25-26-27-29-31-36(39)41-34(32-37)33-40-35(38)30-28-8-6-4-2/h5,7,10-11,13-14,16-17,34,37H,3-4,6,8-9,12,15,18-33H2,1-2H3/b7-5-,11-10-,14-13-,17-16-. The third-order valence-electron chi connectivity index (χ3n) is 6.89. The van der Waals surface area contributed by atoms with E-state index in [0.29, 0.717) is 12.8 Å². The summed E-state index contributed by atoms with van der Waals surface area (Å²) >= 11 is 0. The smallest absolute Gasteiger partial charge is 0.306 e. The van der Waals surface area contributed by atoms with Gasteiger partial charge in [0.2, 0.25) is 0 Å². The van der Waals surface area contributed by atoms with Crippen molar-refractivity contribution in [2.45, 2.75) is 155 Å². The normalized spacial score (nSPS) is 12.8. The van der Waals surface area contributed by atoms with E-state index in [1.165, 1.54) is 51.4 Å². The molecule has 0 radical (unpaired) electrons. The van der Waals surface area contributed by atoms with Crippen LogP contribution in [0.15, 0.2) is 48.6 Å². The molecule has 0 amide bonds. The number of esters is 2. The van der Waals surface area contributed by atoms with E-state index in [9.17, 15) is 14.7 Å². The average Bonchev–Trinajstić information content (AvgIpc) is 2.97. The number of ether oxygens (including phenoxy) is 2. The molecule has 0 aromatic carbocycles. The van der Waals surface area contributed by atoms with Crippen molar-refractivity contribution in [2.24, 2.45) is 0 Å². The van der Waals surface area contributed by atoms with Crippen LogP contribution in [-0.4, -0.2) is 36.4 Å². The molecule has 0 aliphatic carbocycles. The lowest BCUT2D eigenvalue weighted by molar-refractivity contribution is -0.161. The van der Waals surface area contributed by atoms with Gasteiger partial charge in [-0.2, -0.15) is 0 Å². The lowest BCUT2D eigenvalue weighted by atomic mass is 10.0. The number of rotatable bonds is 29. The van der Waals surface area contributed by atoms with Crippen molar-refractivity contribution in [3.63, 3.8) is 0 Å². The highest BCUT2D eigenvalue weighted by molar-refractivity contribution is 5.70. The molecule has 0 fully saturated rings. The van der Waals surface area contributed by atoms with Gasteiger partial charge in [-0.05, 0) is 51.4 Å². The van der Waals surface area contributed by atoms with Crippen LogP contribution >= 0.6 is 0 Å². The molecular weight excluding hydrogens is 512 g/mol. The van der Waals surface area contributed by atoms with Crippen LogP contribution in [-0.2, 0) is 19.1 Å². The molecule has 41 heavy (non-hydrogen) atoms. The minimum absolute atomic E-state index is 0.0702. The zero-order valence-electron chi connectivity index (χ0n) is 26.5. The van der Waals surface area contributed by atoms with Crippen LogP contribution in [0.2, 0.25) is 0 Å². The predicted molar refractivity (Wildman–Crippen MR) is 173 cm³/mol. The van der Waals surface area contributed by atoms with Crippen molar-refractivity contribution in [3.8, 4) is 0 Å². The summed E-state index contributed by atoms with van der Waals surface area (Å²) in [6, 6.07) is 0. The van der Waals surface area contributed by atoms with Crippen molar-refractivity contribution in [1.82, 2.24) is 0 Å². The maximum absolute atomic E-state index is 12.0. The van der Waals surface area contributed by atoms with E-state index < -0.39 is 6.10 Å². The van der Waals surface area contributed by atoms with Crippen LogP contribution in [0.1, 0.15) is 149 Å². The molecule has 236 valence electrons. The number of hydrogen-bond donors (Lipinski definition) is 1. The Morgan fingerprint density at radius 3 is 1.59 bits per heavy atom. The molecule has 0 spiro atoms. The van der Waals surface area contributed by atoms with Gasteiger partial charge in [0.25, 0.3) is 0 Å². The van der Waals surface area contributed by atoms with Crippen LogP contribution in [0.4, 0.5) is 0 Å². The molecule has 1 N–H and O–H groups in total. The summed E-state index contributed by atoms with van der Waals surface area (Å²) in [5.74, 6) is -0.620.